The molecule has 1 aromatic rings. The van der Waals surface area contributed by atoms with Gasteiger partial charge >= 0.3 is 6.09 Å². The number of carbonyl (C=O) groups excluding carboxylic acids is 1. The van der Waals surface area contributed by atoms with Gasteiger partial charge in [0, 0.05) is 36.8 Å². The molecule has 2 atom stereocenters. The lowest BCUT2D eigenvalue weighted by molar-refractivity contribution is -0.390. The third-order valence-electron chi connectivity index (χ3n) is 10.3. The van der Waals surface area contributed by atoms with Gasteiger partial charge in [-0.05, 0) is 106 Å². The normalized spacial score (nSPS) is 45.3. The summed E-state index contributed by atoms with van der Waals surface area (Å²) in [5, 5.41) is 2.99. The molecule has 6 saturated carbocycles. The van der Waals surface area contributed by atoms with E-state index >= 15 is 0 Å². The summed E-state index contributed by atoms with van der Waals surface area (Å²) in [4.78, 5) is 24.8. The van der Waals surface area contributed by atoms with Crippen molar-refractivity contribution >= 4 is 6.09 Å². The zero-order valence-corrected chi connectivity index (χ0v) is 21.2. The van der Waals surface area contributed by atoms with Gasteiger partial charge in [-0.2, -0.15) is 9.78 Å². The van der Waals surface area contributed by atoms with Crippen molar-refractivity contribution in [3.8, 4) is 5.75 Å². The molecule has 1 saturated heterocycles. The van der Waals surface area contributed by atoms with Crippen LogP contribution in [0.15, 0.2) is 24.3 Å². The number of benzene rings is 1. The summed E-state index contributed by atoms with van der Waals surface area (Å²) in [6, 6.07) is 8.39. The Hall–Kier alpha value is -1.67. The molecule has 7 heteroatoms. The van der Waals surface area contributed by atoms with Crippen LogP contribution in [-0.4, -0.2) is 29.8 Å². The van der Waals surface area contributed by atoms with Crippen LogP contribution in [0.5, 0.6) is 5.75 Å². The van der Waals surface area contributed by atoms with Crippen molar-refractivity contribution in [2.75, 3.05) is 0 Å². The van der Waals surface area contributed by atoms with E-state index in [4.69, 9.17) is 25.0 Å². The van der Waals surface area contributed by atoms with Crippen LogP contribution in [0.1, 0.15) is 95.0 Å². The number of ether oxygens (including phenoxy) is 2. The third-order valence-corrected chi connectivity index (χ3v) is 10.3. The topological polar surface area (TPSA) is 92.0 Å². The standard InChI is InChI=1S/C29H40N2O5/c30-24-5-7-25(8-6-24)31-27(32)33-26-9-3-20(4-10-26)21-2-1-11-28(17-21)34-29(36-35-28)22-13-18-12-19(15-22)16-23(29)14-18/h3-4,9-10,18-19,21-25H,1-2,5-8,11-17,30H2,(H,31,32)/t18?,19?,21-,22?,23?,24?,25?,28?,29?/m1/s1. The molecule has 0 aromatic heterocycles. The molecule has 0 radical (unpaired) electrons. The van der Waals surface area contributed by atoms with E-state index in [9.17, 15) is 4.79 Å². The van der Waals surface area contributed by atoms with Gasteiger partial charge in [0.1, 0.15) is 5.75 Å². The summed E-state index contributed by atoms with van der Waals surface area (Å²) >= 11 is 0. The van der Waals surface area contributed by atoms with E-state index < -0.39 is 11.6 Å². The fraction of sp³-hybridized carbons (Fsp3) is 0.759. The average molecular weight is 497 g/mol. The van der Waals surface area contributed by atoms with Crippen LogP contribution in [0.25, 0.3) is 0 Å². The van der Waals surface area contributed by atoms with Crippen LogP contribution in [0.3, 0.4) is 0 Å². The Morgan fingerprint density at radius 2 is 1.61 bits per heavy atom. The van der Waals surface area contributed by atoms with Crippen molar-refractivity contribution in [3.63, 3.8) is 0 Å². The van der Waals surface area contributed by atoms with Crippen molar-refractivity contribution in [1.29, 1.82) is 0 Å². The summed E-state index contributed by atoms with van der Waals surface area (Å²) in [6.07, 6.45) is 13.5. The van der Waals surface area contributed by atoms with Crippen molar-refractivity contribution in [2.24, 2.45) is 29.4 Å². The van der Waals surface area contributed by atoms with E-state index in [0.29, 0.717) is 23.5 Å². The predicted molar refractivity (Wildman–Crippen MR) is 133 cm³/mol. The van der Waals surface area contributed by atoms with E-state index in [2.05, 4.69) is 17.4 Å². The Bertz CT molecular complexity index is 946. The smallest absolute Gasteiger partial charge is 0.410 e. The molecule has 4 bridgehead atoms. The molecule has 3 N–H and O–H groups in total. The predicted octanol–water partition coefficient (Wildman–Crippen LogP) is 5.53. The van der Waals surface area contributed by atoms with E-state index in [1.54, 1.807) is 0 Å². The van der Waals surface area contributed by atoms with Crippen LogP contribution in [0.4, 0.5) is 4.79 Å². The van der Waals surface area contributed by atoms with Crippen LogP contribution >= 0.6 is 0 Å². The van der Waals surface area contributed by atoms with Gasteiger partial charge in [-0.3, -0.25) is 0 Å². The molecule has 6 aliphatic carbocycles. The summed E-state index contributed by atoms with van der Waals surface area (Å²) in [5.74, 6) is 2.47. The first-order valence-corrected chi connectivity index (χ1v) is 14.4. The summed E-state index contributed by atoms with van der Waals surface area (Å²) in [7, 11) is 0. The van der Waals surface area contributed by atoms with E-state index in [1.807, 2.05) is 12.1 Å². The Balaban J connectivity index is 0.980. The van der Waals surface area contributed by atoms with Crippen molar-refractivity contribution in [1.82, 2.24) is 5.32 Å². The number of hydrogen-bond acceptors (Lipinski definition) is 6. The molecule has 2 spiro atoms. The maximum atomic E-state index is 12.4. The summed E-state index contributed by atoms with van der Waals surface area (Å²) in [6.45, 7) is 0. The Morgan fingerprint density at radius 3 is 2.31 bits per heavy atom. The highest BCUT2D eigenvalue weighted by Crippen LogP contribution is 2.64. The van der Waals surface area contributed by atoms with E-state index in [0.717, 1.165) is 63.2 Å². The van der Waals surface area contributed by atoms with Crippen LogP contribution in [0.2, 0.25) is 0 Å². The number of amides is 1. The monoisotopic (exact) mass is 496 g/mol. The molecule has 8 rings (SSSR count). The first kappa shape index (κ1) is 23.4. The van der Waals surface area contributed by atoms with E-state index in [1.165, 1.54) is 37.7 Å². The molecule has 1 unspecified atom stereocenters. The third kappa shape index (κ3) is 4.16. The van der Waals surface area contributed by atoms with Gasteiger partial charge in [0.05, 0.1) is 0 Å². The molecule has 196 valence electrons. The zero-order chi connectivity index (χ0) is 24.3. The largest absolute Gasteiger partial charge is 0.412 e. The van der Waals surface area contributed by atoms with Gasteiger partial charge in [0.2, 0.25) is 11.6 Å². The molecule has 1 aromatic carbocycles. The second kappa shape index (κ2) is 8.97. The number of nitrogens with two attached hydrogens (primary N) is 1. The maximum Gasteiger partial charge on any atom is 0.412 e. The quantitative estimate of drug-likeness (QED) is 0.535. The highest BCUT2D eigenvalue weighted by Gasteiger charge is 2.67. The minimum absolute atomic E-state index is 0.154. The van der Waals surface area contributed by atoms with Crippen LogP contribution in [0, 0.1) is 23.7 Å². The van der Waals surface area contributed by atoms with Crippen molar-refractivity contribution in [3.05, 3.63) is 29.8 Å². The molecule has 36 heavy (non-hydrogen) atoms. The fourth-order valence-electron chi connectivity index (χ4n) is 8.63. The van der Waals surface area contributed by atoms with Crippen molar-refractivity contribution in [2.45, 2.75) is 113 Å². The molecule has 1 amide bonds. The lowest BCUT2D eigenvalue weighted by atomic mass is 9.53. The number of carbonyl (C=O) groups is 1. The van der Waals surface area contributed by atoms with Gasteiger partial charge in [-0.1, -0.05) is 12.1 Å². The Kier molecular flexibility index (Phi) is 5.84. The van der Waals surface area contributed by atoms with Crippen LogP contribution < -0.4 is 15.8 Å². The highest BCUT2D eigenvalue weighted by atomic mass is 17.3. The Morgan fingerprint density at radius 1 is 0.917 bits per heavy atom. The van der Waals surface area contributed by atoms with Gasteiger partial charge in [0.25, 0.3) is 0 Å². The first-order valence-electron chi connectivity index (χ1n) is 14.4. The molecule has 1 aliphatic heterocycles. The highest BCUT2D eigenvalue weighted by molar-refractivity contribution is 5.70. The summed E-state index contributed by atoms with van der Waals surface area (Å²) in [5.41, 5.74) is 7.20. The second-order valence-corrected chi connectivity index (χ2v) is 12.7. The van der Waals surface area contributed by atoms with Crippen molar-refractivity contribution < 1.29 is 24.0 Å². The fourth-order valence-corrected chi connectivity index (χ4v) is 8.63. The number of hydrogen-bond donors (Lipinski definition) is 2. The second-order valence-electron chi connectivity index (χ2n) is 12.7. The average Bonchev–Trinajstić information content (AvgIpc) is 3.23. The minimum Gasteiger partial charge on any atom is -0.410 e. The maximum absolute atomic E-state index is 12.4. The lowest BCUT2D eigenvalue weighted by Gasteiger charge is -2.57. The molecule has 1 heterocycles. The van der Waals surface area contributed by atoms with Gasteiger partial charge in [0.15, 0.2) is 0 Å². The van der Waals surface area contributed by atoms with E-state index in [-0.39, 0.29) is 18.2 Å². The number of nitrogens with one attached hydrogen (secondary N) is 1. The van der Waals surface area contributed by atoms with Gasteiger partial charge in [-0.25, -0.2) is 4.79 Å². The van der Waals surface area contributed by atoms with Gasteiger partial charge in [-0.15, -0.1) is 0 Å². The first-order chi connectivity index (χ1) is 17.5. The zero-order valence-electron chi connectivity index (χ0n) is 21.2. The molecular formula is C29H40N2O5. The number of rotatable bonds is 3. The minimum atomic E-state index is -0.629. The van der Waals surface area contributed by atoms with Gasteiger partial charge < -0.3 is 20.5 Å². The SMILES string of the molecule is NC1CCC(NC(=O)Oc2ccc([C@@H]3CCCC4(C3)OOC3(O4)C4CC5CC(C4)CC3C5)cc2)CC1. The molecule has 7 nitrogen and oxygen atoms in total. The molecular weight excluding hydrogens is 456 g/mol. The molecule has 7 fully saturated rings. The summed E-state index contributed by atoms with van der Waals surface area (Å²) < 4.78 is 12.5. The van der Waals surface area contributed by atoms with Crippen LogP contribution in [-0.2, 0) is 14.5 Å². The Labute approximate surface area is 213 Å². The lowest BCUT2D eigenvalue weighted by Crippen LogP contribution is -2.59. The molecule has 7 aliphatic rings.